The second kappa shape index (κ2) is 7.70. The van der Waals surface area contributed by atoms with Crippen molar-refractivity contribution in [3.63, 3.8) is 0 Å². The van der Waals surface area contributed by atoms with Gasteiger partial charge in [0.25, 0.3) is 0 Å². The van der Waals surface area contributed by atoms with Gasteiger partial charge in [-0.1, -0.05) is 37.7 Å². The molecular weight excluding hydrogens is 353 g/mol. The van der Waals surface area contributed by atoms with Crippen LogP contribution in [-0.4, -0.2) is 14.8 Å². The highest BCUT2D eigenvalue weighted by Crippen LogP contribution is 2.33. The number of hydrogen-bond acceptors (Lipinski definition) is 4. The summed E-state index contributed by atoms with van der Waals surface area (Å²) in [6.45, 7) is 8.66. The summed E-state index contributed by atoms with van der Waals surface area (Å²) in [5.74, 6) is 1.88. The highest BCUT2D eigenvalue weighted by molar-refractivity contribution is 7.98. The normalized spacial score (nSPS) is 11.6. The number of aromatic nitrogens is 3. The molecule has 0 N–H and O–H groups in total. The van der Waals surface area contributed by atoms with Crippen molar-refractivity contribution in [1.29, 1.82) is 0 Å². The minimum Gasteiger partial charge on any atom is -0.299 e. The zero-order valence-corrected chi connectivity index (χ0v) is 16.5. The standard InChI is InChI=1S/C19H22FN3S2/c1-12(2)17-9-15(11-24-17)18-21-22-19(23(18)13(3)4)25-10-14-6-5-7-16(20)8-14/h5-9,11-13H,10H2,1-4H3. The maximum absolute atomic E-state index is 13.4. The lowest BCUT2D eigenvalue weighted by molar-refractivity contribution is 0.555. The van der Waals surface area contributed by atoms with Crippen LogP contribution in [0.5, 0.6) is 0 Å². The summed E-state index contributed by atoms with van der Waals surface area (Å²) in [5, 5.41) is 11.8. The van der Waals surface area contributed by atoms with E-state index in [2.05, 4.69) is 53.9 Å². The fourth-order valence-corrected chi connectivity index (χ4v) is 4.50. The molecule has 3 rings (SSSR count). The van der Waals surface area contributed by atoms with E-state index < -0.39 is 0 Å². The van der Waals surface area contributed by atoms with Crippen LogP contribution in [0.3, 0.4) is 0 Å². The number of nitrogens with zero attached hydrogens (tertiary/aromatic N) is 3. The van der Waals surface area contributed by atoms with Crippen molar-refractivity contribution in [3.05, 3.63) is 52.0 Å². The van der Waals surface area contributed by atoms with E-state index in [1.165, 1.54) is 10.9 Å². The zero-order chi connectivity index (χ0) is 18.0. The van der Waals surface area contributed by atoms with Gasteiger partial charge in [-0.15, -0.1) is 21.5 Å². The molecule has 0 aliphatic rings. The van der Waals surface area contributed by atoms with Crippen LogP contribution in [0.25, 0.3) is 11.4 Å². The molecule has 0 bridgehead atoms. The second-order valence-corrected chi connectivity index (χ2v) is 8.47. The van der Waals surface area contributed by atoms with E-state index in [0.717, 1.165) is 22.1 Å². The van der Waals surface area contributed by atoms with Gasteiger partial charge >= 0.3 is 0 Å². The first kappa shape index (κ1) is 18.1. The van der Waals surface area contributed by atoms with E-state index in [0.29, 0.717) is 11.7 Å². The number of thioether (sulfide) groups is 1. The molecule has 0 aliphatic carbocycles. The van der Waals surface area contributed by atoms with Crippen LogP contribution in [0.4, 0.5) is 4.39 Å². The Bertz CT molecular complexity index is 852. The highest BCUT2D eigenvalue weighted by atomic mass is 32.2. The molecule has 0 atom stereocenters. The lowest BCUT2D eigenvalue weighted by Crippen LogP contribution is -2.04. The predicted molar refractivity (Wildman–Crippen MR) is 104 cm³/mol. The molecule has 0 amide bonds. The molecule has 0 saturated heterocycles. The van der Waals surface area contributed by atoms with Gasteiger partial charge in [-0.25, -0.2) is 4.39 Å². The quantitative estimate of drug-likeness (QED) is 0.485. The third-order valence-electron chi connectivity index (χ3n) is 3.88. The first-order valence-corrected chi connectivity index (χ1v) is 10.2. The largest absolute Gasteiger partial charge is 0.299 e. The molecule has 3 aromatic rings. The molecule has 0 unspecified atom stereocenters. The average Bonchev–Trinajstić information content (AvgIpc) is 3.19. The molecule has 2 aromatic heterocycles. The molecule has 0 aliphatic heterocycles. The van der Waals surface area contributed by atoms with Gasteiger partial charge in [0.1, 0.15) is 5.82 Å². The molecule has 0 radical (unpaired) electrons. The van der Waals surface area contributed by atoms with E-state index in [4.69, 9.17) is 0 Å². The van der Waals surface area contributed by atoms with Gasteiger partial charge in [0.15, 0.2) is 11.0 Å². The van der Waals surface area contributed by atoms with Crippen molar-refractivity contribution in [2.24, 2.45) is 0 Å². The maximum Gasteiger partial charge on any atom is 0.192 e. The molecule has 0 saturated carbocycles. The average molecular weight is 376 g/mol. The Morgan fingerprint density at radius 3 is 2.60 bits per heavy atom. The van der Waals surface area contributed by atoms with Crippen LogP contribution in [0.1, 0.15) is 50.1 Å². The van der Waals surface area contributed by atoms with Crippen molar-refractivity contribution >= 4 is 23.1 Å². The topological polar surface area (TPSA) is 30.7 Å². The molecule has 6 heteroatoms. The Morgan fingerprint density at radius 1 is 1.16 bits per heavy atom. The lowest BCUT2D eigenvalue weighted by atomic mass is 10.1. The van der Waals surface area contributed by atoms with Gasteiger partial charge in [0, 0.05) is 27.6 Å². The van der Waals surface area contributed by atoms with Gasteiger partial charge in [-0.05, 0) is 43.5 Å². The Morgan fingerprint density at radius 2 is 1.96 bits per heavy atom. The Kier molecular flexibility index (Phi) is 5.59. The number of rotatable bonds is 6. The van der Waals surface area contributed by atoms with E-state index in [-0.39, 0.29) is 11.9 Å². The van der Waals surface area contributed by atoms with E-state index in [1.54, 1.807) is 35.2 Å². The summed E-state index contributed by atoms with van der Waals surface area (Å²) < 4.78 is 15.5. The third-order valence-corrected chi connectivity index (χ3v) is 6.13. The summed E-state index contributed by atoms with van der Waals surface area (Å²) in [6, 6.07) is 9.16. The van der Waals surface area contributed by atoms with Crippen molar-refractivity contribution in [1.82, 2.24) is 14.8 Å². The van der Waals surface area contributed by atoms with Crippen LogP contribution in [0.2, 0.25) is 0 Å². The monoisotopic (exact) mass is 375 g/mol. The molecule has 2 heterocycles. The Hall–Kier alpha value is -1.66. The smallest absolute Gasteiger partial charge is 0.192 e. The van der Waals surface area contributed by atoms with Gasteiger partial charge < -0.3 is 0 Å². The van der Waals surface area contributed by atoms with Crippen LogP contribution >= 0.6 is 23.1 Å². The van der Waals surface area contributed by atoms with Crippen LogP contribution in [-0.2, 0) is 5.75 Å². The fraction of sp³-hybridized carbons (Fsp3) is 0.368. The summed E-state index contributed by atoms with van der Waals surface area (Å²) in [4.78, 5) is 1.35. The molecule has 132 valence electrons. The van der Waals surface area contributed by atoms with Gasteiger partial charge in [-0.2, -0.15) is 0 Å². The maximum atomic E-state index is 13.4. The van der Waals surface area contributed by atoms with Crippen molar-refractivity contribution < 1.29 is 4.39 Å². The fourth-order valence-electron chi connectivity index (χ4n) is 2.59. The van der Waals surface area contributed by atoms with Crippen LogP contribution in [0.15, 0.2) is 40.9 Å². The minimum absolute atomic E-state index is 0.205. The first-order chi connectivity index (χ1) is 12.0. The number of hydrogen-bond donors (Lipinski definition) is 0. The van der Waals surface area contributed by atoms with E-state index in [1.807, 2.05) is 6.07 Å². The number of thiophene rings is 1. The highest BCUT2D eigenvalue weighted by Gasteiger charge is 2.18. The number of halogens is 1. The SMILES string of the molecule is CC(C)c1cc(-c2nnc(SCc3cccc(F)c3)n2C(C)C)cs1. The third kappa shape index (κ3) is 4.12. The Labute approximate surface area is 156 Å². The minimum atomic E-state index is -0.205. The zero-order valence-electron chi connectivity index (χ0n) is 14.9. The van der Waals surface area contributed by atoms with Crippen LogP contribution < -0.4 is 0 Å². The molecule has 1 aromatic carbocycles. The Balaban J connectivity index is 1.86. The van der Waals surface area contributed by atoms with E-state index in [9.17, 15) is 4.39 Å². The summed E-state index contributed by atoms with van der Waals surface area (Å²) >= 11 is 3.36. The van der Waals surface area contributed by atoms with Crippen molar-refractivity contribution in [2.45, 2.75) is 50.6 Å². The summed E-state index contributed by atoms with van der Waals surface area (Å²) in [5.41, 5.74) is 2.06. The molecule has 25 heavy (non-hydrogen) atoms. The van der Waals surface area contributed by atoms with E-state index >= 15 is 0 Å². The molecule has 0 spiro atoms. The van der Waals surface area contributed by atoms with Gasteiger partial charge in [0.05, 0.1) is 0 Å². The summed E-state index contributed by atoms with van der Waals surface area (Å²) in [7, 11) is 0. The second-order valence-electron chi connectivity index (χ2n) is 6.58. The number of benzene rings is 1. The molecule has 3 nitrogen and oxygen atoms in total. The predicted octanol–water partition coefficient (Wildman–Crippen LogP) is 6.14. The van der Waals surface area contributed by atoms with Gasteiger partial charge in [0.2, 0.25) is 0 Å². The lowest BCUT2D eigenvalue weighted by Gasteiger charge is -2.13. The van der Waals surface area contributed by atoms with Gasteiger partial charge in [-0.3, -0.25) is 4.57 Å². The summed E-state index contributed by atoms with van der Waals surface area (Å²) in [6.07, 6.45) is 0. The van der Waals surface area contributed by atoms with Crippen molar-refractivity contribution in [2.75, 3.05) is 0 Å². The molecular formula is C19H22FN3S2. The van der Waals surface area contributed by atoms with Crippen molar-refractivity contribution in [3.8, 4) is 11.4 Å². The first-order valence-electron chi connectivity index (χ1n) is 8.36. The van der Waals surface area contributed by atoms with Crippen LogP contribution in [0, 0.1) is 5.82 Å². The molecule has 0 fully saturated rings.